The van der Waals surface area contributed by atoms with Crippen molar-refractivity contribution in [2.24, 2.45) is 5.73 Å². The molecule has 2 rings (SSSR count). The van der Waals surface area contributed by atoms with Crippen LogP contribution in [0.25, 0.3) is 0 Å². The molecule has 0 bridgehead atoms. The van der Waals surface area contributed by atoms with Gasteiger partial charge in [0.25, 0.3) is 0 Å². The third kappa shape index (κ3) is 3.50. The van der Waals surface area contributed by atoms with Crippen molar-refractivity contribution in [3.8, 4) is 0 Å². The van der Waals surface area contributed by atoms with Crippen molar-refractivity contribution in [3.63, 3.8) is 0 Å². The number of rotatable bonds is 5. The number of hydrogen-bond acceptors (Lipinski definition) is 13. The third-order valence-corrected chi connectivity index (χ3v) is 4.94. The average Bonchev–Trinajstić information content (AvgIpc) is 2.61. The van der Waals surface area contributed by atoms with Crippen LogP contribution in [0.1, 0.15) is 6.92 Å². The number of carbonyl (C=O) groups excluding carboxylic acids is 1. The van der Waals surface area contributed by atoms with Gasteiger partial charge < -0.3 is 55.1 Å². The van der Waals surface area contributed by atoms with Crippen molar-refractivity contribution >= 4 is 5.78 Å². The van der Waals surface area contributed by atoms with E-state index >= 15 is 0 Å². The highest BCUT2D eigenvalue weighted by Crippen LogP contribution is 2.37. The number of nitrogens with two attached hydrogens (primary N) is 1. The largest absolute Gasteiger partial charge is 0.394 e. The van der Waals surface area contributed by atoms with Gasteiger partial charge in [-0.2, -0.15) is 0 Å². The molecule has 0 aromatic heterocycles. The predicted octanol–water partition coefficient (Wildman–Crippen LogP) is -6.15. The predicted molar refractivity (Wildman–Crippen MR) is 81.4 cm³/mol. The van der Waals surface area contributed by atoms with Crippen LogP contribution in [0.5, 0.6) is 0 Å². The van der Waals surface area contributed by atoms with Gasteiger partial charge >= 0.3 is 0 Å². The molecular weight excluding hydrogens is 374 g/mol. The molecule has 0 aliphatic carbocycles. The topological polar surface area (TPSA) is 233 Å². The minimum absolute atomic E-state index is 0.782. The Morgan fingerprint density at radius 3 is 2.19 bits per heavy atom. The minimum atomic E-state index is -2.89. The van der Waals surface area contributed by atoms with E-state index in [1.165, 1.54) is 0 Å². The van der Waals surface area contributed by atoms with Crippen LogP contribution in [-0.4, -0.2) is 120 Å². The zero-order valence-corrected chi connectivity index (χ0v) is 14.3. The number of hydrogen-bond donors (Lipinski definition) is 9. The third-order valence-electron chi connectivity index (χ3n) is 4.94. The molecule has 13 nitrogen and oxygen atoms in total. The standard InChI is InChI=1S/C14H25NO12/c1-4(18)13(3-17)14(15,24)10(22)8(21)12(27-13)26-9-5(2-16)25-11(23)7(20)6(9)19/h5-12,16-17,19-24H,2-3,15H2,1H3/t5-,6-,7-,8-,9-,10+,11-,12+,13+,14-/m1/s1. The Balaban J connectivity index is 2.33. The summed E-state index contributed by atoms with van der Waals surface area (Å²) < 4.78 is 15.4. The average molecular weight is 399 g/mol. The van der Waals surface area contributed by atoms with E-state index in [0.717, 1.165) is 6.92 Å². The lowest BCUT2D eigenvalue weighted by Gasteiger charge is -2.53. The van der Waals surface area contributed by atoms with Crippen molar-refractivity contribution in [1.82, 2.24) is 0 Å². The van der Waals surface area contributed by atoms with Crippen LogP contribution in [-0.2, 0) is 19.0 Å². The number of aliphatic hydroxyl groups is 8. The van der Waals surface area contributed by atoms with Crippen molar-refractivity contribution < 1.29 is 59.9 Å². The number of aliphatic hydroxyl groups excluding tert-OH is 7. The SMILES string of the molecule is CC(=O)[C@]1(CO)O[C@H](O[C@H]2[C@H](O)[C@@H](O)[C@H](O)O[C@@H]2CO)[C@H](O)[C@H](O)[C@@]1(N)O. The van der Waals surface area contributed by atoms with Gasteiger partial charge in [-0.05, 0) is 6.92 Å². The molecule has 0 saturated carbocycles. The highest BCUT2D eigenvalue weighted by molar-refractivity contribution is 5.87. The fourth-order valence-electron chi connectivity index (χ4n) is 3.15. The van der Waals surface area contributed by atoms with Gasteiger partial charge in [-0.1, -0.05) is 0 Å². The number of carbonyl (C=O) groups is 1. The summed E-state index contributed by atoms with van der Waals surface area (Å²) in [6, 6.07) is 0. The van der Waals surface area contributed by atoms with E-state index < -0.39 is 79.5 Å². The molecule has 2 saturated heterocycles. The van der Waals surface area contributed by atoms with E-state index in [4.69, 9.17) is 19.9 Å². The molecule has 2 heterocycles. The molecule has 0 spiro atoms. The second-order valence-corrected chi connectivity index (χ2v) is 6.62. The first-order chi connectivity index (χ1) is 12.4. The first-order valence-corrected chi connectivity index (χ1v) is 8.07. The van der Waals surface area contributed by atoms with Crippen LogP contribution in [0, 0.1) is 0 Å². The van der Waals surface area contributed by atoms with E-state index in [1.54, 1.807) is 0 Å². The van der Waals surface area contributed by atoms with Crippen LogP contribution in [0.2, 0.25) is 0 Å². The summed E-state index contributed by atoms with van der Waals surface area (Å²) >= 11 is 0. The first-order valence-electron chi connectivity index (χ1n) is 8.07. The van der Waals surface area contributed by atoms with Gasteiger partial charge in [0.2, 0.25) is 0 Å². The maximum absolute atomic E-state index is 12.0. The molecule has 2 aliphatic rings. The molecule has 2 aliphatic heterocycles. The second kappa shape index (κ2) is 7.90. The number of ketones is 1. The van der Waals surface area contributed by atoms with Crippen molar-refractivity contribution in [2.75, 3.05) is 13.2 Å². The molecular formula is C14H25NO12. The lowest BCUT2D eigenvalue weighted by molar-refractivity contribution is -0.385. The molecule has 27 heavy (non-hydrogen) atoms. The Morgan fingerprint density at radius 1 is 1.11 bits per heavy atom. The maximum Gasteiger partial charge on any atom is 0.196 e. The van der Waals surface area contributed by atoms with Crippen LogP contribution >= 0.6 is 0 Å². The zero-order valence-electron chi connectivity index (χ0n) is 14.3. The maximum atomic E-state index is 12.0. The Hall–Kier alpha value is -0.810. The van der Waals surface area contributed by atoms with Crippen LogP contribution < -0.4 is 5.73 Å². The second-order valence-electron chi connectivity index (χ2n) is 6.62. The van der Waals surface area contributed by atoms with Gasteiger partial charge in [-0.25, -0.2) is 0 Å². The van der Waals surface area contributed by atoms with Gasteiger partial charge in [0.15, 0.2) is 29.7 Å². The molecule has 0 amide bonds. The smallest absolute Gasteiger partial charge is 0.196 e. The van der Waals surface area contributed by atoms with Gasteiger partial charge in [-0.15, -0.1) is 0 Å². The molecule has 0 radical (unpaired) electrons. The Labute approximate surface area is 153 Å². The van der Waals surface area contributed by atoms with E-state index in [-0.39, 0.29) is 0 Å². The van der Waals surface area contributed by atoms with E-state index in [9.17, 15) is 45.6 Å². The summed E-state index contributed by atoms with van der Waals surface area (Å²) in [5.74, 6) is -0.996. The summed E-state index contributed by atoms with van der Waals surface area (Å²) in [5, 5.41) is 78.7. The molecule has 158 valence electrons. The summed E-state index contributed by atoms with van der Waals surface area (Å²) in [6.45, 7) is -1.06. The van der Waals surface area contributed by atoms with Gasteiger partial charge in [-0.3, -0.25) is 10.5 Å². The zero-order chi connectivity index (χ0) is 20.7. The van der Waals surface area contributed by atoms with E-state index in [1.807, 2.05) is 0 Å². The monoisotopic (exact) mass is 399 g/mol. The Bertz CT molecular complexity index is 544. The van der Waals surface area contributed by atoms with E-state index in [0.29, 0.717) is 0 Å². The molecule has 2 fully saturated rings. The summed E-state index contributed by atoms with van der Waals surface area (Å²) in [7, 11) is 0. The van der Waals surface area contributed by atoms with E-state index in [2.05, 4.69) is 0 Å². The molecule has 13 heteroatoms. The molecule has 10 atom stereocenters. The first kappa shape index (κ1) is 22.5. The van der Waals surface area contributed by atoms with Crippen LogP contribution in [0.15, 0.2) is 0 Å². The van der Waals surface area contributed by atoms with Crippen molar-refractivity contribution in [2.45, 2.75) is 67.5 Å². The van der Waals surface area contributed by atoms with Crippen molar-refractivity contribution in [1.29, 1.82) is 0 Å². The quantitative estimate of drug-likeness (QED) is 0.196. The van der Waals surface area contributed by atoms with Crippen LogP contribution in [0.3, 0.4) is 0 Å². The molecule has 0 aromatic rings. The highest BCUT2D eigenvalue weighted by atomic mass is 16.7. The summed E-state index contributed by atoms with van der Waals surface area (Å²) in [4.78, 5) is 12.0. The Kier molecular flexibility index (Phi) is 6.58. The number of Topliss-reactive ketones (excluding diaryl/α,β-unsaturated/α-hetero) is 1. The lowest BCUT2D eigenvalue weighted by atomic mass is 9.79. The fraction of sp³-hybridized carbons (Fsp3) is 0.929. The van der Waals surface area contributed by atoms with Gasteiger partial charge in [0.1, 0.15) is 36.6 Å². The minimum Gasteiger partial charge on any atom is -0.394 e. The highest BCUT2D eigenvalue weighted by Gasteiger charge is 2.65. The molecule has 0 unspecified atom stereocenters. The Morgan fingerprint density at radius 2 is 1.70 bits per heavy atom. The lowest BCUT2D eigenvalue weighted by Crippen LogP contribution is -2.80. The fourth-order valence-corrected chi connectivity index (χ4v) is 3.15. The molecule has 10 N–H and O–H groups in total. The summed E-state index contributed by atoms with van der Waals surface area (Å²) in [5.41, 5.74) is 0.0478. The summed E-state index contributed by atoms with van der Waals surface area (Å²) in [6.07, 6.45) is -14.7. The normalized spacial score (nSPS) is 51.2. The number of ether oxygens (including phenoxy) is 3. The van der Waals surface area contributed by atoms with Gasteiger partial charge in [0, 0.05) is 0 Å². The van der Waals surface area contributed by atoms with Gasteiger partial charge in [0.05, 0.1) is 13.2 Å². The molecule has 0 aromatic carbocycles. The van der Waals surface area contributed by atoms with Crippen molar-refractivity contribution in [3.05, 3.63) is 0 Å². The van der Waals surface area contributed by atoms with Crippen LogP contribution in [0.4, 0.5) is 0 Å².